The first-order valence-corrected chi connectivity index (χ1v) is 8.46. The van der Waals surface area contributed by atoms with Crippen molar-refractivity contribution in [2.24, 2.45) is 0 Å². The van der Waals surface area contributed by atoms with Gasteiger partial charge in [-0.3, -0.25) is 19.6 Å². The largest absolute Gasteiger partial charge is 0.339 e. The van der Waals surface area contributed by atoms with Gasteiger partial charge < -0.3 is 4.90 Å². The van der Waals surface area contributed by atoms with Crippen molar-refractivity contribution in [1.82, 2.24) is 19.9 Å². The molecule has 3 rings (SSSR count). The number of rotatable bonds is 2. The molecule has 2 N–H and O–H groups in total. The molecule has 1 aliphatic rings. The third-order valence-corrected chi connectivity index (χ3v) is 4.78. The van der Waals surface area contributed by atoms with Crippen LogP contribution in [0.5, 0.6) is 0 Å². The number of carbonyl (C=O) groups excluding carboxylic acids is 1. The molecular formula is C17H22N4O3. The number of pyridine rings is 1. The van der Waals surface area contributed by atoms with E-state index in [2.05, 4.69) is 15.0 Å². The molecule has 1 aliphatic carbocycles. The minimum atomic E-state index is -0.606. The van der Waals surface area contributed by atoms with Gasteiger partial charge in [0, 0.05) is 19.3 Å². The molecule has 7 heteroatoms. The molecular weight excluding hydrogens is 308 g/mol. The lowest BCUT2D eigenvalue weighted by molar-refractivity contribution is 0.0706. The average Bonchev–Trinajstić information content (AvgIpc) is 2.53. The van der Waals surface area contributed by atoms with Crippen LogP contribution in [-0.4, -0.2) is 38.8 Å². The number of aromatic nitrogens is 3. The van der Waals surface area contributed by atoms with Gasteiger partial charge in [-0.25, -0.2) is 9.78 Å². The molecule has 2 aromatic heterocycles. The monoisotopic (exact) mass is 330 g/mol. The van der Waals surface area contributed by atoms with Gasteiger partial charge in [0.05, 0.1) is 10.9 Å². The Labute approximate surface area is 139 Å². The van der Waals surface area contributed by atoms with Gasteiger partial charge >= 0.3 is 5.69 Å². The van der Waals surface area contributed by atoms with Crippen molar-refractivity contribution in [3.63, 3.8) is 0 Å². The fourth-order valence-electron chi connectivity index (χ4n) is 3.36. The molecule has 0 atom stereocenters. The number of hydrogen-bond acceptors (Lipinski definition) is 4. The molecule has 0 aliphatic heterocycles. The number of nitrogens with one attached hydrogen (secondary N) is 2. The van der Waals surface area contributed by atoms with Crippen molar-refractivity contribution in [3.05, 3.63) is 38.7 Å². The predicted molar refractivity (Wildman–Crippen MR) is 91.2 cm³/mol. The van der Waals surface area contributed by atoms with Crippen LogP contribution in [0.15, 0.2) is 21.9 Å². The maximum absolute atomic E-state index is 12.8. The Morgan fingerprint density at radius 3 is 2.50 bits per heavy atom. The number of fused-ring (bicyclic) bond motifs is 1. The van der Waals surface area contributed by atoms with Crippen LogP contribution in [0.4, 0.5) is 0 Å². The van der Waals surface area contributed by atoms with Crippen molar-refractivity contribution < 1.29 is 4.79 Å². The molecule has 0 saturated heterocycles. The zero-order valence-electron chi connectivity index (χ0n) is 13.8. The van der Waals surface area contributed by atoms with E-state index in [4.69, 9.17) is 0 Å². The van der Waals surface area contributed by atoms with Crippen LogP contribution in [0.25, 0.3) is 11.0 Å². The van der Waals surface area contributed by atoms with E-state index in [1.54, 1.807) is 4.90 Å². The Bertz CT molecular complexity index is 847. The summed E-state index contributed by atoms with van der Waals surface area (Å²) in [5.41, 5.74) is -0.589. The Hall–Kier alpha value is -2.44. The van der Waals surface area contributed by atoms with E-state index in [-0.39, 0.29) is 23.0 Å². The average molecular weight is 330 g/mol. The van der Waals surface area contributed by atoms with Crippen molar-refractivity contribution >= 4 is 16.9 Å². The Morgan fingerprint density at radius 2 is 1.79 bits per heavy atom. The number of hydrogen-bond donors (Lipinski definition) is 2. The summed E-state index contributed by atoms with van der Waals surface area (Å²) in [6, 6.07) is 1.72. The highest BCUT2D eigenvalue weighted by molar-refractivity contribution is 5.96. The van der Waals surface area contributed by atoms with Crippen LogP contribution in [-0.2, 0) is 0 Å². The molecule has 0 unspecified atom stereocenters. The fourth-order valence-corrected chi connectivity index (χ4v) is 3.36. The van der Waals surface area contributed by atoms with Gasteiger partial charge in [-0.15, -0.1) is 0 Å². The van der Waals surface area contributed by atoms with Gasteiger partial charge in [-0.1, -0.05) is 32.1 Å². The van der Waals surface area contributed by atoms with Crippen LogP contribution in [0.1, 0.15) is 55.3 Å². The highest BCUT2D eigenvalue weighted by Gasteiger charge is 2.22. The summed E-state index contributed by atoms with van der Waals surface area (Å²) in [6.07, 6.45) is 9.43. The second-order valence-electron chi connectivity index (χ2n) is 6.44. The topological polar surface area (TPSA) is 98.9 Å². The molecule has 1 saturated carbocycles. The third kappa shape index (κ3) is 3.39. The van der Waals surface area contributed by atoms with Crippen molar-refractivity contribution in [2.45, 2.75) is 51.0 Å². The maximum atomic E-state index is 12.8. The van der Waals surface area contributed by atoms with Crippen molar-refractivity contribution in [2.75, 3.05) is 7.05 Å². The number of H-pyrrole nitrogens is 2. The Kier molecular flexibility index (Phi) is 4.78. The smallest absolute Gasteiger partial charge is 0.327 e. The van der Waals surface area contributed by atoms with E-state index in [0.29, 0.717) is 5.56 Å². The highest BCUT2D eigenvalue weighted by atomic mass is 16.2. The summed E-state index contributed by atoms with van der Waals surface area (Å²) in [6.45, 7) is 0. The highest BCUT2D eigenvalue weighted by Crippen LogP contribution is 2.22. The minimum absolute atomic E-state index is 0.138. The first kappa shape index (κ1) is 16.4. The van der Waals surface area contributed by atoms with Gasteiger partial charge in [0.2, 0.25) is 0 Å². The van der Waals surface area contributed by atoms with E-state index in [9.17, 15) is 14.4 Å². The van der Waals surface area contributed by atoms with Crippen LogP contribution in [0.2, 0.25) is 0 Å². The summed E-state index contributed by atoms with van der Waals surface area (Å²) >= 11 is 0. The van der Waals surface area contributed by atoms with Gasteiger partial charge in [-0.05, 0) is 18.9 Å². The fraction of sp³-hybridized carbons (Fsp3) is 0.529. The SMILES string of the molecule is CN(C(=O)c1cnc2[nH]c(=O)[nH]c(=O)c2c1)C1CCCCCCC1. The lowest BCUT2D eigenvalue weighted by Crippen LogP contribution is -2.37. The van der Waals surface area contributed by atoms with E-state index in [0.717, 1.165) is 25.7 Å². The summed E-state index contributed by atoms with van der Waals surface area (Å²) in [5, 5.41) is 0.214. The van der Waals surface area contributed by atoms with E-state index in [1.807, 2.05) is 7.05 Å². The van der Waals surface area contributed by atoms with Crippen molar-refractivity contribution in [1.29, 1.82) is 0 Å². The van der Waals surface area contributed by atoms with E-state index in [1.165, 1.54) is 31.5 Å². The Balaban J connectivity index is 1.87. The molecule has 0 spiro atoms. The van der Waals surface area contributed by atoms with E-state index < -0.39 is 11.2 Å². The molecule has 0 aromatic carbocycles. The quantitative estimate of drug-likeness (QED) is 0.877. The van der Waals surface area contributed by atoms with E-state index >= 15 is 0 Å². The summed E-state index contributed by atoms with van der Waals surface area (Å²) < 4.78 is 0. The van der Waals surface area contributed by atoms with Crippen molar-refractivity contribution in [3.8, 4) is 0 Å². The molecule has 0 bridgehead atoms. The molecule has 2 heterocycles. The number of nitrogens with zero attached hydrogens (tertiary/aromatic N) is 2. The third-order valence-electron chi connectivity index (χ3n) is 4.78. The number of aromatic amines is 2. The Morgan fingerprint density at radius 1 is 1.12 bits per heavy atom. The molecule has 0 radical (unpaired) electrons. The standard InChI is InChI=1S/C17H22N4O3/c1-21(12-7-5-3-2-4-6-8-12)16(23)11-9-13-14(18-10-11)19-17(24)20-15(13)22/h9-10,12H,2-8H2,1H3,(H2,18,19,20,22,24). The minimum Gasteiger partial charge on any atom is -0.339 e. The van der Waals surface area contributed by atoms with Gasteiger partial charge in [0.25, 0.3) is 11.5 Å². The van der Waals surface area contributed by atoms with Crippen LogP contribution in [0, 0.1) is 0 Å². The molecule has 7 nitrogen and oxygen atoms in total. The van der Waals surface area contributed by atoms with Gasteiger partial charge in [0.1, 0.15) is 5.65 Å². The molecule has 1 fully saturated rings. The number of carbonyl (C=O) groups is 1. The molecule has 2 aromatic rings. The molecule has 24 heavy (non-hydrogen) atoms. The second kappa shape index (κ2) is 6.98. The lowest BCUT2D eigenvalue weighted by atomic mass is 9.95. The predicted octanol–water partition coefficient (Wildman–Crippen LogP) is 1.80. The van der Waals surface area contributed by atoms with Crippen LogP contribution >= 0.6 is 0 Å². The zero-order valence-corrected chi connectivity index (χ0v) is 13.8. The van der Waals surface area contributed by atoms with Gasteiger partial charge in [0.15, 0.2) is 0 Å². The first-order chi connectivity index (χ1) is 11.6. The zero-order chi connectivity index (χ0) is 17.1. The summed E-state index contributed by atoms with van der Waals surface area (Å²) in [4.78, 5) is 46.4. The maximum Gasteiger partial charge on any atom is 0.327 e. The molecule has 1 amide bonds. The van der Waals surface area contributed by atoms with Crippen LogP contribution < -0.4 is 11.2 Å². The number of amides is 1. The second-order valence-corrected chi connectivity index (χ2v) is 6.44. The summed E-state index contributed by atoms with van der Waals surface area (Å²) in [7, 11) is 1.82. The first-order valence-electron chi connectivity index (χ1n) is 8.46. The lowest BCUT2D eigenvalue weighted by Gasteiger charge is -2.29. The normalized spacial score (nSPS) is 16.5. The van der Waals surface area contributed by atoms with Crippen LogP contribution in [0.3, 0.4) is 0 Å². The molecule has 128 valence electrons. The summed E-state index contributed by atoms with van der Waals surface area (Å²) in [5.74, 6) is -0.138. The van der Waals surface area contributed by atoms with Gasteiger partial charge in [-0.2, -0.15) is 0 Å².